The molecule has 1 fully saturated rings. The number of esters is 1. The third-order valence-corrected chi connectivity index (χ3v) is 5.90. The van der Waals surface area contributed by atoms with E-state index in [9.17, 15) is 9.90 Å². The molecule has 0 aromatic heterocycles. The molecule has 1 aliphatic carbocycles. The highest BCUT2D eigenvalue weighted by Crippen LogP contribution is 2.48. The van der Waals surface area contributed by atoms with Crippen LogP contribution in [0.25, 0.3) is 16.7 Å². The van der Waals surface area contributed by atoms with Gasteiger partial charge in [-0.1, -0.05) is 35.9 Å². The van der Waals surface area contributed by atoms with Gasteiger partial charge in [-0.05, 0) is 79.5 Å². The van der Waals surface area contributed by atoms with Crippen molar-refractivity contribution in [3.8, 4) is 11.1 Å². The van der Waals surface area contributed by atoms with E-state index in [1.165, 1.54) is 0 Å². The molecule has 1 saturated carbocycles. The Morgan fingerprint density at radius 3 is 2.35 bits per heavy atom. The van der Waals surface area contributed by atoms with Crippen molar-refractivity contribution < 1.29 is 14.6 Å². The van der Waals surface area contributed by atoms with Gasteiger partial charge in [-0.3, -0.25) is 0 Å². The number of rotatable bonds is 2. The third-order valence-electron chi connectivity index (χ3n) is 5.65. The van der Waals surface area contributed by atoms with E-state index in [0.717, 1.165) is 40.7 Å². The van der Waals surface area contributed by atoms with Gasteiger partial charge in [-0.15, -0.1) is 0 Å². The smallest absolute Gasteiger partial charge is 0.343 e. The molecule has 4 rings (SSSR count). The lowest BCUT2D eigenvalue weighted by Gasteiger charge is -2.21. The quantitative estimate of drug-likeness (QED) is 0.685. The Labute approximate surface area is 158 Å². The molecule has 0 unspecified atom stereocenters. The minimum Gasteiger partial charge on any atom is -0.507 e. The van der Waals surface area contributed by atoms with Crippen molar-refractivity contribution in [2.24, 2.45) is 0 Å². The van der Waals surface area contributed by atoms with Crippen molar-refractivity contribution >= 4 is 23.1 Å². The van der Waals surface area contributed by atoms with Crippen LogP contribution < -0.4 is 0 Å². The molecule has 3 nitrogen and oxygen atoms in total. The highest BCUT2D eigenvalue weighted by molar-refractivity contribution is 6.30. The Kier molecular flexibility index (Phi) is 4.07. The number of benzene rings is 2. The Bertz CT molecular complexity index is 919. The molecule has 1 heterocycles. The van der Waals surface area contributed by atoms with Crippen LogP contribution in [0, 0.1) is 13.8 Å². The fraction of sp³-hybridized carbons (Fsp3) is 0.318. The number of hydrogen-bond acceptors (Lipinski definition) is 3. The third kappa shape index (κ3) is 2.53. The summed E-state index contributed by atoms with van der Waals surface area (Å²) in [5, 5.41) is 11.6. The first-order chi connectivity index (χ1) is 12.4. The normalized spacial score (nSPS) is 18.7. The number of aryl methyl sites for hydroxylation is 1. The molecule has 1 aliphatic heterocycles. The van der Waals surface area contributed by atoms with Crippen molar-refractivity contribution in [1.82, 2.24) is 0 Å². The molecule has 0 atom stereocenters. The van der Waals surface area contributed by atoms with Gasteiger partial charge in [-0.25, -0.2) is 4.79 Å². The maximum atomic E-state index is 12.7. The second kappa shape index (κ2) is 6.17. The highest BCUT2D eigenvalue weighted by Gasteiger charge is 2.50. The van der Waals surface area contributed by atoms with Gasteiger partial charge in [0.2, 0.25) is 0 Å². The second-order valence-electron chi connectivity index (χ2n) is 7.25. The first-order valence-electron chi connectivity index (χ1n) is 8.96. The van der Waals surface area contributed by atoms with Crippen LogP contribution in [0.15, 0.2) is 42.2 Å². The molecule has 0 amide bonds. The molecule has 2 aromatic rings. The van der Waals surface area contributed by atoms with E-state index in [-0.39, 0.29) is 5.76 Å². The number of carbonyl (C=O) groups is 1. The van der Waals surface area contributed by atoms with E-state index in [1.54, 1.807) is 0 Å². The average Bonchev–Trinajstić information content (AvgIpc) is 3.17. The SMILES string of the molecule is Cc1ccc(-c2ccc(Cl)cc2)c(C)c1C1=C(O)C2(CCCC2)OC1=O. The zero-order valence-electron chi connectivity index (χ0n) is 14.9. The van der Waals surface area contributed by atoms with Gasteiger partial charge in [0, 0.05) is 5.02 Å². The van der Waals surface area contributed by atoms with E-state index >= 15 is 0 Å². The van der Waals surface area contributed by atoms with Crippen LogP contribution in [-0.4, -0.2) is 16.7 Å². The zero-order chi connectivity index (χ0) is 18.5. The van der Waals surface area contributed by atoms with Gasteiger partial charge in [0.1, 0.15) is 5.57 Å². The number of aliphatic hydroxyl groups is 1. The summed E-state index contributed by atoms with van der Waals surface area (Å²) in [5.41, 5.74) is 4.26. The average molecular weight is 369 g/mol. The molecule has 1 spiro atoms. The Morgan fingerprint density at radius 1 is 1.04 bits per heavy atom. The summed E-state index contributed by atoms with van der Waals surface area (Å²) in [4.78, 5) is 12.7. The summed E-state index contributed by atoms with van der Waals surface area (Å²) in [5.74, 6) is -0.302. The topological polar surface area (TPSA) is 46.5 Å². The molecule has 1 N–H and O–H groups in total. The Balaban J connectivity index is 1.89. The predicted molar refractivity (Wildman–Crippen MR) is 103 cm³/mol. The van der Waals surface area contributed by atoms with Crippen LogP contribution >= 0.6 is 11.6 Å². The molecule has 0 bridgehead atoms. The second-order valence-corrected chi connectivity index (χ2v) is 7.69. The molecule has 0 saturated heterocycles. The maximum absolute atomic E-state index is 12.7. The van der Waals surface area contributed by atoms with Crippen LogP contribution in [0.1, 0.15) is 42.4 Å². The van der Waals surface area contributed by atoms with Gasteiger partial charge in [0.05, 0.1) is 0 Å². The van der Waals surface area contributed by atoms with Crippen molar-refractivity contribution in [1.29, 1.82) is 0 Å². The molecular weight excluding hydrogens is 348 g/mol. The van der Waals surface area contributed by atoms with Crippen molar-refractivity contribution in [2.75, 3.05) is 0 Å². The highest BCUT2D eigenvalue weighted by atomic mass is 35.5. The predicted octanol–water partition coefficient (Wildman–Crippen LogP) is 5.76. The van der Waals surface area contributed by atoms with Crippen LogP contribution in [0.5, 0.6) is 0 Å². The van der Waals surface area contributed by atoms with E-state index in [0.29, 0.717) is 23.4 Å². The number of carbonyl (C=O) groups excluding carboxylic acids is 1. The molecule has 2 aromatic carbocycles. The van der Waals surface area contributed by atoms with Crippen LogP contribution in [0.3, 0.4) is 0 Å². The van der Waals surface area contributed by atoms with Crippen molar-refractivity contribution in [2.45, 2.75) is 45.1 Å². The van der Waals surface area contributed by atoms with E-state index in [1.807, 2.05) is 50.2 Å². The maximum Gasteiger partial charge on any atom is 0.343 e. The lowest BCUT2D eigenvalue weighted by molar-refractivity contribution is -0.146. The van der Waals surface area contributed by atoms with Gasteiger partial charge < -0.3 is 9.84 Å². The van der Waals surface area contributed by atoms with E-state index in [4.69, 9.17) is 16.3 Å². The molecule has 2 aliphatic rings. The molecule has 26 heavy (non-hydrogen) atoms. The van der Waals surface area contributed by atoms with E-state index < -0.39 is 11.6 Å². The zero-order valence-corrected chi connectivity index (χ0v) is 15.7. The summed E-state index contributed by atoms with van der Waals surface area (Å²) in [6.07, 6.45) is 3.33. The molecular formula is C22H21ClO3. The van der Waals surface area contributed by atoms with Gasteiger partial charge in [0.15, 0.2) is 11.4 Å². The van der Waals surface area contributed by atoms with Gasteiger partial charge in [0.25, 0.3) is 0 Å². The van der Waals surface area contributed by atoms with Crippen LogP contribution in [0.2, 0.25) is 5.02 Å². The number of hydrogen-bond donors (Lipinski definition) is 1. The standard InChI is InChI=1S/C22H21ClO3/c1-13-5-10-17(15-6-8-16(23)9-7-15)14(2)18(13)19-20(24)22(26-21(19)25)11-3-4-12-22/h5-10,24H,3-4,11-12H2,1-2H3. The van der Waals surface area contributed by atoms with Crippen molar-refractivity contribution in [3.63, 3.8) is 0 Å². The molecule has 0 radical (unpaired) electrons. The number of aliphatic hydroxyl groups excluding tert-OH is 1. The first kappa shape index (κ1) is 17.2. The summed E-state index contributed by atoms with van der Waals surface area (Å²) in [6, 6.07) is 11.7. The van der Waals surface area contributed by atoms with Crippen LogP contribution in [0.4, 0.5) is 0 Å². The number of halogens is 1. The molecule has 134 valence electrons. The summed E-state index contributed by atoms with van der Waals surface area (Å²) < 4.78 is 5.68. The van der Waals surface area contributed by atoms with Crippen molar-refractivity contribution in [3.05, 3.63) is 63.9 Å². The minimum absolute atomic E-state index is 0.111. The van der Waals surface area contributed by atoms with Gasteiger partial charge >= 0.3 is 5.97 Å². The molecule has 4 heteroatoms. The first-order valence-corrected chi connectivity index (χ1v) is 9.34. The summed E-state index contributed by atoms with van der Waals surface area (Å²) >= 11 is 6.00. The summed E-state index contributed by atoms with van der Waals surface area (Å²) in [6.45, 7) is 3.95. The Hall–Kier alpha value is -2.26. The Morgan fingerprint density at radius 2 is 1.69 bits per heavy atom. The lowest BCUT2D eigenvalue weighted by Crippen LogP contribution is -2.27. The number of ether oxygens (including phenoxy) is 1. The summed E-state index contributed by atoms with van der Waals surface area (Å²) in [7, 11) is 0. The van der Waals surface area contributed by atoms with Gasteiger partial charge in [-0.2, -0.15) is 0 Å². The van der Waals surface area contributed by atoms with E-state index in [2.05, 4.69) is 0 Å². The lowest BCUT2D eigenvalue weighted by atomic mass is 9.87. The fourth-order valence-corrected chi connectivity index (χ4v) is 4.41. The largest absolute Gasteiger partial charge is 0.507 e. The fourth-order valence-electron chi connectivity index (χ4n) is 4.28. The van der Waals surface area contributed by atoms with Crippen LogP contribution in [-0.2, 0) is 9.53 Å². The monoisotopic (exact) mass is 368 g/mol. The minimum atomic E-state index is -0.804.